The van der Waals surface area contributed by atoms with Crippen LogP contribution in [0.3, 0.4) is 0 Å². The lowest BCUT2D eigenvalue weighted by molar-refractivity contribution is -0.767. The lowest BCUT2D eigenvalue weighted by Crippen LogP contribution is -2.20. The Morgan fingerprint density at radius 1 is 1.39 bits per heavy atom. The van der Waals surface area contributed by atoms with Crippen molar-refractivity contribution in [2.24, 2.45) is 0 Å². The Morgan fingerprint density at radius 2 is 2.11 bits per heavy atom. The number of fused-ring (bicyclic) bond motifs is 1. The highest BCUT2D eigenvalue weighted by atomic mass is 35.5. The lowest BCUT2D eigenvalue weighted by Gasteiger charge is -2.22. The third-order valence-electron chi connectivity index (χ3n) is 4.35. The number of rotatable bonds is 7. The topological polar surface area (TPSA) is 99.9 Å². The molecule has 148 valence electrons. The molecule has 1 aromatic carbocycles. The summed E-state index contributed by atoms with van der Waals surface area (Å²) < 4.78 is 11.3. The number of allylic oxidation sites excluding steroid dienone is 2. The van der Waals surface area contributed by atoms with Crippen LogP contribution in [-0.2, 0) is 19.1 Å². The maximum Gasteiger partial charge on any atom is 0.311 e. The van der Waals surface area contributed by atoms with Crippen molar-refractivity contribution < 1.29 is 24.2 Å². The molecule has 0 saturated heterocycles. The number of nitrogens with zero attached hydrogens (tertiary/aromatic N) is 1. The number of hydrogen-bond donors (Lipinski definition) is 1. The van der Waals surface area contributed by atoms with Gasteiger partial charge in [0.15, 0.2) is 11.9 Å². The molecule has 2 aliphatic rings. The Kier molecular flexibility index (Phi) is 5.89. The summed E-state index contributed by atoms with van der Waals surface area (Å²) in [4.78, 5) is 26.9. The van der Waals surface area contributed by atoms with Gasteiger partial charge in [-0.2, -0.15) is 0 Å². The molecule has 1 aromatic rings. The SMILES string of the molecule is CC1=C(OC(=O)CCC(C)O[N+](=O)[O-])C2=COC(c3ccc(Cl)cc3)C2=CN1. The number of ether oxygens (including phenoxy) is 2. The van der Waals surface area contributed by atoms with Gasteiger partial charge in [-0.15, -0.1) is 10.1 Å². The van der Waals surface area contributed by atoms with Crippen molar-refractivity contribution in [3.05, 3.63) is 80.0 Å². The molecule has 0 aromatic heterocycles. The number of carbonyl (C=O) groups is 1. The van der Waals surface area contributed by atoms with E-state index in [-0.39, 0.29) is 18.9 Å². The molecule has 2 atom stereocenters. The second-order valence-electron chi connectivity index (χ2n) is 6.45. The van der Waals surface area contributed by atoms with Crippen LogP contribution in [0.25, 0.3) is 0 Å². The highest BCUT2D eigenvalue weighted by Crippen LogP contribution is 2.42. The van der Waals surface area contributed by atoms with E-state index in [1.165, 1.54) is 6.92 Å². The summed E-state index contributed by atoms with van der Waals surface area (Å²) in [5, 5.41) is 13.2. The van der Waals surface area contributed by atoms with Crippen molar-refractivity contribution in [2.75, 3.05) is 0 Å². The third kappa shape index (κ3) is 4.45. The molecule has 2 aliphatic heterocycles. The van der Waals surface area contributed by atoms with Crippen molar-refractivity contribution in [1.82, 2.24) is 5.32 Å². The Morgan fingerprint density at radius 3 is 2.79 bits per heavy atom. The zero-order valence-electron chi connectivity index (χ0n) is 15.3. The highest BCUT2D eigenvalue weighted by molar-refractivity contribution is 6.30. The third-order valence-corrected chi connectivity index (χ3v) is 4.61. The molecule has 0 aliphatic carbocycles. The summed E-state index contributed by atoms with van der Waals surface area (Å²) in [6.45, 7) is 3.30. The van der Waals surface area contributed by atoms with Crippen molar-refractivity contribution in [2.45, 2.75) is 38.9 Å². The average Bonchev–Trinajstić information content (AvgIpc) is 3.07. The van der Waals surface area contributed by atoms with Gasteiger partial charge in [0, 0.05) is 23.2 Å². The van der Waals surface area contributed by atoms with Crippen molar-refractivity contribution in [3.8, 4) is 0 Å². The quantitative estimate of drug-likeness (QED) is 0.416. The van der Waals surface area contributed by atoms with Gasteiger partial charge < -0.3 is 19.6 Å². The van der Waals surface area contributed by atoms with Gasteiger partial charge in [-0.05, 0) is 38.0 Å². The van der Waals surface area contributed by atoms with Gasteiger partial charge in [0.05, 0.1) is 17.5 Å². The molecule has 2 heterocycles. The van der Waals surface area contributed by atoms with Gasteiger partial charge in [0.1, 0.15) is 6.10 Å². The van der Waals surface area contributed by atoms with Crippen LogP contribution in [-0.4, -0.2) is 17.2 Å². The first kappa shape index (κ1) is 19.8. The van der Waals surface area contributed by atoms with E-state index < -0.39 is 17.2 Å². The Labute approximate surface area is 166 Å². The number of nitrogens with one attached hydrogen (secondary N) is 1. The summed E-state index contributed by atoms with van der Waals surface area (Å²) >= 11 is 5.94. The van der Waals surface area contributed by atoms with E-state index in [1.54, 1.807) is 25.3 Å². The molecule has 0 fully saturated rings. The number of esters is 1. The summed E-state index contributed by atoms with van der Waals surface area (Å²) in [6, 6.07) is 7.31. The minimum atomic E-state index is -0.873. The first-order valence-corrected chi connectivity index (χ1v) is 9.04. The van der Waals surface area contributed by atoms with Crippen LogP contribution in [0.5, 0.6) is 0 Å². The van der Waals surface area contributed by atoms with Gasteiger partial charge >= 0.3 is 5.97 Å². The Bertz CT molecular complexity index is 875. The van der Waals surface area contributed by atoms with E-state index in [0.717, 1.165) is 11.1 Å². The fraction of sp³-hybridized carbons (Fsp3) is 0.316. The molecule has 3 rings (SSSR count). The molecule has 0 radical (unpaired) electrons. The largest absolute Gasteiger partial charge is 0.488 e. The van der Waals surface area contributed by atoms with Crippen LogP contribution in [0.15, 0.2) is 59.3 Å². The van der Waals surface area contributed by atoms with Crippen LogP contribution in [0.2, 0.25) is 5.02 Å². The molecule has 0 spiro atoms. The van der Waals surface area contributed by atoms with Gasteiger partial charge in [-0.25, -0.2) is 0 Å². The molecule has 8 nitrogen and oxygen atoms in total. The van der Waals surface area contributed by atoms with Crippen LogP contribution >= 0.6 is 11.6 Å². The Hall–Kier alpha value is -3.00. The van der Waals surface area contributed by atoms with Crippen LogP contribution < -0.4 is 5.32 Å². The number of carbonyl (C=O) groups excluding carboxylic acids is 1. The highest BCUT2D eigenvalue weighted by Gasteiger charge is 2.33. The number of benzene rings is 1. The smallest absolute Gasteiger partial charge is 0.311 e. The van der Waals surface area contributed by atoms with Crippen molar-refractivity contribution in [3.63, 3.8) is 0 Å². The van der Waals surface area contributed by atoms with E-state index in [2.05, 4.69) is 10.2 Å². The molecule has 28 heavy (non-hydrogen) atoms. The molecular weight excluding hydrogens is 388 g/mol. The van der Waals surface area contributed by atoms with Crippen LogP contribution in [0.4, 0.5) is 0 Å². The van der Waals surface area contributed by atoms with E-state index in [9.17, 15) is 14.9 Å². The van der Waals surface area contributed by atoms with E-state index in [4.69, 9.17) is 21.1 Å². The molecule has 9 heteroatoms. The molecule has 0 saturated carbocycles. The van der Waals surface area contributed by atoms with Gasteiger partial charge in [0.2, 0.25) is 0 Å². The molecule has 0 bridgehead atoms. The van der Waals surface area contributed by atoms with Crippen molar-refractivity contribution >= 4 is 17.6 Å². The predicted octanol–water partition coefficient (Wildman–Crippen LogP) is 3.93. The molecule has 2 unspecified atom stereocenters. The summed E-state index contributed by atoms with van der Waals surface area (Å²) in [6.07, 6.45) is 2.51. The maximum absolute atomic E-state index is 12.2. The fourth-order valence-corrected chi connectivity index (χ4v) is 3.05. The number of halogens is 1. The monoisotopic (exact) mass is 406 g/mol. The average molecular weight is 407 g/mol. The minimum Gasteiger partial charge on any atom is -0.488 e. The van der Waals surface area contributed by atoms with Crippen LogP contribution in [0, 0.1) is 10.1 Å². The van der Waals surface area contributed by atoms with E-state index in [0.29, 0.717) is 22.1 Å². The maximum atomic E-state index is 12.2. The number of dihydropyridines is 1. The van der Waals surface area contributed by atoms with Gasteiger partial charge in [-0.3, -0.25) is 4.79 Å². The van der Waals surface area contributed by atoms with Gasteiger partial charge in [-0.1, -0.05) is 23.7 Å². The van der Waals surface area contributed by atoms with Crippen LogP contribution in [0.1, 0.15) is 38.4 Å². The normalized spacial score (nSPS) is 18.9. The minimum absolute atomic E-state index is 0.0143. The molecule has 0 amide bonds. The lowest BCUT2D eigenvalue weighted by atomic mass is 9.95. The first-order chi connectivity index (χ1) is 13.3. The number of hydrogen-bond acceptors (Lipinski definition) is 7. The zero-order chi connectivity index (χ0) is 20.3. The van der Waals surface area contributed by atoms with Crippen molar-refractivity contribution in [1.29, 1.82) is 0 Å². The summed E-state index contributed by atoms with van der Waals surface area (Å²) in [7, 11) is 0. The second-order valence-corrected chi connectivity index (χ2v) is 6.89. The standard InChI is InChI=1S/C19H19ClN2O6/c1-11(28-22(24)25)3-8-17(23)27-18-12(2)21-9-15-16(18)10-26-19(15)13-4-6-14(20)7-5-13/h4-7,9-11,19,21H,3,8H2,1-2H3. The first-order valence-electron chi connectivity index (χ1n) is 8.66. The zero-order valence-corrected chi connectivity index (χ0v) is 16.1. The second kappa shape index (κ2) is 8.35. The van der Waals surface area contributed by atoms with Gasteiger partial charge in [0.25, 0.3) is 5.09 Å². The summed E-state index contributed by atoms with van der Waals surface area (Å²) in [5.74, 6) is -0.131. The summed E-state index contributed by atoms with van der Waals surface area (Å²) in [5.41, 5.74) is 3.10. The molecule has 1 N–H and O–H groups in total. The predicted molar refractivity (Wildman–Crippen MR) is 100 cm³/mol. The molecular formula is C19H19ClN2O6. The Balaban J connectivity index is 1.65. The van der Waals surface area contributed by atoms with E-state index in [1.807, 2.05) is 18.3 Å². The fourth-order valence-electron chi connectivity index (χ4n) is 2.92. The van der Waals surface area contributed by atoms with E-state index >= 15 is 0 Å².